The van der Waals surface area contributed by atoms with E-state index in [-0.39, 0.29) is 27.9 Å². The van der Waals surface area contributed by atoms with Crippen LogP contribution in [0, 0.1) is 10.1 Å². The minimum Gasteiger partial charge on any atom is -0.444 e. The minimum absolute atomic E-state index is 0.0950. The van der Waals surface area contributed by atoms with Crippen molar-refractivity contribution in [2.45, 2.75) is 36.2 Å². The average Bonchev–Trinajstić information content (AvgIpc) is 2.62. The quantitative estimate of drug-likeness (QED) is 0.479. The van der Waals surface area contributed by atoms with Gasteiger partial charge in [0.25, 0.3) is 11.6 Å². The number of nitrogens with one attached hydrogen (secondary N) is 1. The van der Waals surface area contributed by atoms with E-state index in [2.05, 4.69) is 5.32 Å². The monoisotopic (exact) mass is 451 g/mol. The molecule has 0 unspecified atom stereocenters. The summed E-state index contributed by atoms with van der Waals surface area (Å²) in [6.07, 6.45) is -0.710. The summed E-state index contributed by atoms with van der Waals surface area (Å²) in [5.41, 5.74) is -0.327. The molecule has 0 saturated heterocycles. The molecule has 0 spiro atoms. The van der Waals surface area contributed by atoms with Gasteiger partial charge < -0.3 is 9.64 Å². The first-order valence-corrected chi connectivity index (χ1v) is 10.0. The number of halogens is 1. The lowest BCUT2D eigenvalue weighted by Crippen LogP contribution is -2.27. The lowest BCUT2D eigenvalue weighted by molar-refractivity contribution is -0.387. The summed E-state index contributed by atoms with van der Waals surface area (Å²) in [4.78, 5) is 37.8. The summed E-state index contributed by atoms with van der Waals surface area (Å²) in [6.45, 7) is 5.18. The Balaban J connectivity index is 2.51. The van der Waals surface area contributed by atoms with Gasteiger partial charge in [-0.25, -0.2) is 4.79 Å². The van der Waals surface area contributed by atoms with E-state index in [0.717, 1.165) is 11.8 Å². The van der Waals surface area contributed by atoms with E-state index in [1.165, 1.54) is 23.1 Å². The molecule has 30 heavy (non-hydrogen) atoms. The zero-order valence-electron chi connectivity index (χ0n) is 17.2. The molecule has 0 aliphatic heterocycles. The van der Waals surface area contributed by atoms with E-state index in [0.29, 0.717) is 9.79 Å². The van der Waals surface area contributed by atoms with Crippen molar-refractivity contribution in [2.24, 2.45) is 0 Å². The first-order chi connectivity index (χ1) is 13.9. The molecule has 0 radical (unpaired) electrons. The number of anilines is 1. The highest BCUT2D eigenvalue weighted by Crippen LogP contribution is 2.40. The molecule has 1 N–H and O–H groups in total. The van der Waals surface area contributed by atoms with Crippen molar-refractivity contribution in [2.75, 3.05) is 19.4 Å². The zero-order chi connectivity index (χ0) is 22.6. The highest BCUT2D eigenvalue weighted by molar-refractivity contribution is 7.99. The predicted molar refractivity (Wildman–Crippen MR) is 117 cm³/mol. The maximum atomic E-state index is 12.7. The average molecular weight is 452 g/mol. The number of nitro groups is 1. The molecule has 0 aliphatic carbocycles. The van der Waals surface area contributed by atoms with E-state index in [4.69, 9.17) is 16.3 Å². The summed E-state index contributed by atoms with van der Waals surface area (Å²) in [7, 11) is 3.17. The van der Waals surface area contributed by atoms with Gasteiger partial charge in [-0.3, -0.25) is 20.2 Å². The number of benzene rings is 2. The highest BCUT2D eigenvalue weighted by atomic mass is 35.5. The molecule has 2 rings (SSSR count). The lowest BCUT2D eigenvalue weighted by atomic mass is 10.2. The molecule has 0 fully saturated rings. The van der Waals surface area contributed by atoms with Crippen LogP contribution >= 0.6 is 23.4 Å². The second-order valence-corrected chi connectivity index (χ2v) is 8.97. The van der Waals surface area contributed by atoms with Crippen LogP contribution in [-0.2, 0) is 4.74 Å². The second kappa shape index (κ2) is 9.36. The molecular formula is C20H22ClN3O5S. The van der Waals surface area contributed by atoms with Crippen LogP contribution in [0.5, 0.6) is 0 Å². The fraction of sp³-hybridized carbons (Fsp3) is 0.300. The van der Waals surface area contributed by atoms with Gasteiger partial charge in [-0.15, -0.1) is 0 Å². The Bertz CT molecular complexity index is 989. The lowest BCUT2D eigenvalue weighted by Gasteiger charge is -2.21. The van der Waals surface area contributed by atoms with Crippen molar-refractivity contribution in [1.82, 2.24) is 4.90 Å². The van der Waals surface area contributed by atoms with Gasteiger partial charge in [0.1, 0.15) is 5.60 Å². The zero-order valence-corrected chi connectivity index (χ0v) is 18.8. The number of nitrogens with zero attached hydrogens (tertiary/aromatic N) is 2. The largest absolute Gasteiger partial charge is 0.444 e. The molecule has 0 aliphatic rings. The van der Waals surface area contributed by atoms with Crippen LogP contribution in [0.15, 0.2) is 46.2 Å². The van der Waals surface area contributed by atoms with Crippen molar-refractivity contribution in [3.8, 4) is 0 Å². The molecular weight excluding hydrogens is 430 g/mol. The Morgan fingerprint density at radius 1 is 1.17 bits per heavy atom. The van der Waals surface area contributed by atoms with Crippen molar-refractivity contribution >= 4 is 46.7 Å². The summed E-state index contributed by atoms with van der Waals surface area (Å²) < 4.78 is 5.24. The van der Waals surface area contributed by atoms with E-state index in [1.54, 1.807) is 53.1 Å². The van der Waals surface area contributed by atoms with Crippen LogP contribution in [0.3, 0.4) is 0 Å². The van der Waals surface area contributed by atoms with Gasteiger partial charge in [0.2, 0.25) is 0 Å². The summed E-state index contributed by atoms with van der Waals surface area (Å²) in [5.74, 6) is -0.332. The molecule has 0 saturated carbocycles. The van der Waals surface area contributed by atoms with Crippen LogP contribution in [-0.4, -0.2) is 41.5 Å². The van der Waals surface area contributed by atoms with Crippen LogP contribution in [0.1, 0.15) is 31.1 Å². The minimum atomic E-state index is -0.710. The summed E-state index contributed by atoms with van der Waals surface area (Å²) in [6, 6.07) is 9.12. The number of hydrogen-bond donors (Lipinski definition) is 1. The summed E-state index contributed by atoms with van der Waals surface area (Å²) in [5, 5.41) is 14.1. The molecule has 2 amide bonds. The number of nitro benzene ring substituents is 1. The second-order valence-electron chi connectivity index (χ2n) is 7.48. The highest BCUT2D eigenvalue weighted by Gasteiger charge is 2.23. The van der Waals surface area contributed by atoms with Crippen molar-refractivity contribution in [3.63, 3.8) is 0 Å². The topological polar surface area (TPSA) is 102 Å². The van der Waals surface area contributed by atoms with Gasteiger partial charge in [-0.2, -0.15) is 0 Å². The first kappa shape index (κ1) is 23.5. The van der Waals surface area contributed by atoms with E-state index in [9.17, 15) is 19.7 Å². The Morgan fingerprint density at radius 3 is 2.37 bits per heavy atom. The van der Waals surface area contributed by atoms with Crippen molar-refractivity contribution in [3.05, 3.63) is 57.1 Å². The van der Waals surface area contributed by atoms with Crippen LogP contribution < -0.4 is 5.32 Å². The number of ether oxygens (including phenoxy) is 1. The number of carbonyl (C=O) groups excluding carboxylic acids is 2. The standard InChI is InChI=1S/C20H22ClN3O5S/c1-20(2,3)29-19(26)22-14-11-17(12(10-13(14)21)18(25)23(4)5)30-16-9-7-6-8-15(16)24(27)28/h6-11H,1-5H3,(H,22,26). The Hall–Kier alpha value is -2.78. The molecule has 0 bridgehead atoms. The van der Waals surface area contributed by atoms with Crippen molar-refractivity contribution in [1.29, 1.82) is 0 Å². The van der Waals surface area contributed by atoms with Crippen LogP contribution in [0.2, 0.25) is 5.02 Å². The van der Waals surface area contributed by atoms with Crippen molar-refractivity contribution < 1.29 is 19.2 Å². The molecule has 10 heteroatoms. The molecule has 2 aromatic rings. The summed E-state index contributed by atoms with van der Waals surface area (Å²) >= 11 is 7.33. The molecule has 8 nitrogen and oxygen atoms in total. The first-order valence-electron chi connectivity index (χ1n) is 8.85. The number of amides is 2. The third kappa shape index (κ3) is 6.11. The van der Waals surface area contributed by atoms with Crippen LogP contribution in [0.4, 0.5) is 16.2 Å². The van der Waals surface area contributed by atoms with Crippen LogP contribution in [0.25, 0.3) is 0 Å². The Labute approximate surface area is 183 Å². The predicted octanol–water partition coefficient (Wildman–Crippen LogP) is 5.45. The van der Waals surface area contributed by atoms with Gasteiger partial charge in [0, 0.05) is 25.1 Å². The molecule has 160 valence electrons. The normalized spacial score (nSPS) is 11.0. The van der Waals surface area contributed by atoms with Gasteiger partial charge in [-0.05, 0) is 39.0 Å². The van der Waals surface area contributed by atoms with E-state index >= 15 is 0 Å². The SMILES string of the molecule is CN(C)C(=O)c1cc(Cl)c(NC(=O)OC(C)(C)C)cc1Sc1ccccc1[N+](=O)[O-]. The number of para-hydroxylation sites is 1. The molecule has 0 heterocycles. The fourth-order valence-electron chi connectivity index (χ4n) is 2.37. The van der Waals surface area contributed by atoms with Gasteiger partial charge in [-0.1, -0.05) is 35.5 Å². The number of hydrogen-bond acceptors (Lipinski definition) is 6. The maximum absolute atomic E-state index is 12.7. The number of rotatable bonds is 5. The van der Waals surface area contributed by atoms with Gasteiger partial charge in [0.05, 0.1) is 26.1 Å². The van der Waals surface area contributed by atoms with E-state index < -0.39 is 16.6 Å². The third-order valence-corrected chi connectivity index (χ3v) is 5.06. The third-order valence-electron chi connectivity index (χ3n) is 3.62. The molecule has 2 aromatic carbocycles. The smallest absolute Gasteiger partial charge is 0.412 e. The van der Waals surface area contributed by atoms with Gasteiger partial charge >= 0.3 is 6.09 Å². The number of carbonyl (C=O) groups is 2. The fourth-order valence-corrected chi connectivity index (χ4v) is 3.64. The molecule has 0 atom stereocenters. The van der Waals surface area contributed by atoms with E-state index in [1.807, 2.05) is 0 Å². The van der Waals surface area contributed by atoms with Gasteiger partial charge in [0.15, 0.2) is 0 Å². The Morgan fingerprint density at radius 2 is 1.80 bits per heavy atom. The molecule has 0 aromatic heterocycles. The Kier molecular flexibility index (Phi) is 7.33. The maximum Gasteiger partial charge on any atom is 0.412 e.